The van der Waals surface area contributed by atoms with Crippen LogP contribution in [0.5, 0.6) is 5.75 Å². The first kappa shape index (κ1) is 20.3. The summed E-state index contributed by atoms with van der Waals surface area (Å²) < 4.78 is 11.7. The number of carbonyl (C=O) groups excluding carboxylic acids is 1. The molecule has 4 aromatic rings. The van der Waals surface area contributed by atoms with E-state index in [1.54, 1.807) is 6.33 Å². The first-order valence-electron chi connectivity index (χ1n) is 11.1. The van der Waals surface area contributed by atoms with Crippen LogP contribution in [0.1, 0.15) is 25.3 Å². The number of benzene rings is 2. The molecule has 0 aliphatic carbocycles. The number of fused-ring (bicyclic) bond motifs is 3. The molecule has 0 spiro atoms. The molecule has 0 bridgehead atoms. The lowest BCUT2D eigenvalue weighted by Gasteiger charge is -2.32. The topological polar surface area (TPSA) is 80.5 Å². The quantitative estimate of drug-likeness (QED) is 0.491. The second-order valence-corrected chi connectivity index (χ2v) is 7.99. The van der Waals surface area contributed by atoms with Gasteiger partial charge in [-0.15, -0.1) is 0 Å². The van der Waals surface area contributed by atoms with Gasteiger partial charge in [0, 0.05) is 36.5 Å². The number of furan rings is 1. The zero-order chi connectivity index (χ0) is 21.9. The number of piperidine rings is 1. The van der Waals surface area contributed by atoms with E-state index in [-0.39, 0.29) is 11.8 Å². The van der Waals surface area contributed by atoms with Gasteiger partial charge in [-0.25, -0.2) is 9.97 Å². The number of anilines is 1. The third-order valence-corrected chi connectivity index (χ3v) is 6.03. The van der Waals surface area contributed by atoms with Gasteiger partial charge in [0.05, 0.1) is 6.61 Å². The summed E-state index contributed by atoms with van der Waals surface area (Å²) in [5, 5.41) is 4.08. The molecular weight excluding hydrogens is 404 g/mol. The normalized spacial score (nSPS) is 14.7. The van der Waals surface area contributed by atoms with Crippen molar-refractivity contribution in [3.63, 3.8) is 0 Å². The van der Waals surface area contributed by atoms with Gasteiger partial charge in [-0.05, 0) is 38.0 Å². The van der Waals surface area contributed by atoms with Crippen molar-refractivity contribution in [3.8, 4) is 5.75 Å². The number of hydrogen-bond acceptors (Lipinski definition) is 6. The largest absolute Gasteiger partial charge is 0.494 e. The van der Waals surface area contributed by atoms with Gasteiger partial charge in [0.2, 0.25) is 5.91 Å². The Morgan fingerprint density at radius 2 is 1.91 bits per heavy atom. The maximum Gasteiger partial charge on any atom is 0.223 e. The highest BCUT2D eigenvalue weighted by atomic mass is 16.5. The van der Waals surface area contributed by atoms with Gasteiger partial charge in [-0.2, -0.15) is 0 Å². The van der Waals surface area contributed by atoms with Gasteiger partial charge < -0.3 is 19.4 Å². The minimum absolute atomic E-state index is 0.0153. The molecule has 1 N–H and O–H groups in total. The van der Waals surface area contributed by atoms with Crippen molar-refractivity contribution < 1.29 is 13.9 Å². The molecule has 7 nitrogen and oxygen atoms in total. The number of aromatic nitrogens is 2. The summed E-state index contributed by atoms with van der Waals surface area (Å²) in [6.45, 7) is 4.53. The molecule has 0 unspecified atom stereocenters. The molecule has 7 heteroatoms. The molecule has 0 saturated carbocycles. The molecule has 0 atom stereocenters. The molecule has 1 amide bonds. The molecule has 1 aliphatic heterocycles. The van der Waals surface area contributed by atoms with Crippen LogP contribution in [0.2, 0.25) is 0 Å². The van der Waals surface area contributed by atoms with E-state index >= 15 is 0 Å². The standard InChI is InChI=1S/C25H26N4O3/c1-2-31-20-9-5-3-7-18(20)15-26-25(30)17-11-13-29(14-12-17)24-23-22(27-16-28-24)19-8-4-6-10-21(19)32-23/h3-10,16-17H,2,11-15H2,1H3,(H,26,30). The van der Waals surface area contributed by atoms with Crippen LogP contribution in [-0.2, 0) is 11.3 Å². The highest BCUT2D eigenvalue weighted by Gasteiger charge is 2.27. The third kappa shape index (κ3) is 3.86. The van der Waals surface area contributed by atoms with Crippen molar-refractivity contribution in [2.24, 2.45) is 5.92 Å². The summed E-state index contributed by atoms with van der Waals surface area (Å²) in [6, 6.07) is 15.7. The predicted octanol–water partition coefficient (Wildman–Crippen LogP) is 4.31. The van der Waals surface area contributed by atoms with E-state index < -0.39 is 0 Å². The number of nitrogens with one attached hydrogen (secondary N) is 1. The van der Waals surface area contributed by atoms with E-state index in [1.807, 2.05) is 55.5 Å². The van der Waals surface area contributed by atoms with Crippen LogP contribution in [0, 0.1) is 5.92 Å². The summed E-state index contributed by atoms with van der Waals surface area (Å²) >= 11 is 0. The lowest BCUT2D eigenvalue weighted by Crippen LogP contribution is -2.40. The maximum atomic E-state index is 12.8. The van der Waals surface area contributed by atoms with E-state index in [2.05, 4.69) is 20.2 Å². The number of para-hydroxylation sites is 2. The summed E-state index contributed by atoms with van der Waals surface area (Å²) in [6.07, 6.45) is 3.13. The van der Waals surface area contributed by atoms with Crippen LogP contribution in [0.4, 0.5) is 5.82 Å². The van der Waals surface area contributed by atoms with Crippen LogP contribution < -0.4 is 15.0 Å². The van der Waals surface area contributed by atoms with Crippen molar-refractivity contribution in [2.75, 3.05) is 24.6 Å². The average molecular weight is 431 g/mol. The lowest BCUT2D eigenvalue weighted by atomic mass is 9.95. The summed E-state index contributed by atoms with van der Waals surface area (Å²) in [5.74, 6) is 1.70. The summed E-state index contributed by atoms with van der Waals surface area (Å²) in [7, 11) is 0. The molecule has 0 radical (unpaired) electrons. The molecule has 5 rings (SSSR count). The molecule has 1 saturated heterocycles. The van der Waals surface area contributed by atoms with E-state index in [0.717, 1.165) is 59.5 Å². The number of amides is 1. The van der Waals surface area contributed by atoms with E-state index in [1.165, 1.54) is 0 Å². The van der Waals surface area contributed by atoms with Gasteiger partial charge in [-0.1, -0.05) is 30.3 Å². The van der Waals surface area contributed by atoms with Gasteiger partial charge in [-0.3, -0.25) is 4.79 Å². The monoisotopic (exact) mass is 430 g/mol. The molecule has 2 aromatic carbocycles. The fourth-order valence-corrected chi connectivity index (χ4v) is 4.36. The Hall–Kier alpha value is -3.61. The summed E-state index contributed by atoms with van der Waals surface area (Å²) in [4.78, 5) is 23.9. The number of hydrogen-bond donors (Lipinski definition) is 1. The lowest BCUT2D eigenvalue weighted by molar-refractivity contribution is -0.125. The van der Waals surface area contributed by atoms with Crippen molar-refractivity contribution >= 4 is 33.8 Å². The Labute approximate surface area is 186 Å². The first-order valence-corrected chi connectivity index (χ1v) is 11.1. The predicted molar refractivity (Wildman–Crippen MR) is 124 cm³/mol. The third-order valence-electron chi connectivity index (χ3n) is 6.03. The second kappa shape index (κ2) is 8.86. The molecule has 1 fully saturated rings. The fourth-order valence-electron chi connectivity index (χ4n) is 4.36. The highest BCUT2D eigenvalue weighted by Crippen LogP contribution is 2.33. The fraction of sp³-hybridized carbons (Fsp3) is 0.320. The smallest absolute Gasteiger partial charge is 0.223 e. The number of rotatable bonds is 6. The zero-order valence-electron chi connectivity index (χ0n) is 18.1. The van der Waals surface area contributed by atoms with Gasteiger partial charge in [0.1, 0.15) is 23.2 Å². The minimum Gasteiger partial charge on any atom is -0.494 e. The van der Waals surface area contributed by atoms with Crippen LogP contribution >= 0.6 is 0 Å². The summed E-state index contributed by atoms with van der Waals surface area (Å²) in [5.41, 5.74) is 3.35. The van der Waals surface area contributed by atoms with Gasteiger partial charge in [0.25, 0.3) is 0 Å². The Morgan fingerprint density at radius 1 is 1.12 bits per heavy atom. The molecule has 3 heterocycles. The Balaban J connectivity index is 1.24. The van der Waals surface area contributed by atoms with Crippen molar-refractivity contribution in [1.29, 1.82) is 0 Å². The van der Waals surface area contributed by atoms with Crippen LogP contribution in [0.3, 0.4) is 0 Å². The van der Waals surface area contributed by atoms with Crippen molar-refractivity contribution in [1.82, 2.24) is 15.3 Å². The Bertz CT molecular complexity index is 1240. The van der Waals surface area contributed by atoms with Crippen LogP contribution in [-0.4, -0.2) is 35.6 Å². The van der Waals surface area contributed by atoms with E-state index in [9.17, 15) is 4.79 Å². The number of carbonyl (C=O) groups is 1. The minimum atomic E-state index is -0.0153. The zero-order valence-corrected chi connectivity index (χ0v) is 18.1. The maximum absolute atomic E-state index is 12.8. The highest BCUT2D eigenvalue weighted by molar-refractivity contribution is 6.05. The first-order chi connectivity index (χ1) is 15.7. The SMILES string of the molecule is CCOc1ccccc1CNC(=O)C1CCN(c2ncnc3c2oc2ccccc23)CC1. The average Bonchev–Trinajstić information content (AvgIpc) is 3.22. The van der Waals surface area contributed by atoms with Crippen molar-refractivity contribution in [2.45, 2.75) is 26.3 Å². The van der Waals surface area contributed by atoms with Crippen LogP contribution in [0.25, 0.3) is 22.1 Å². The molecule has 32 heavy (non-hydrogen) atoms. The molecule has 2 aromatic heterocycles. The van der Waals surface area contributed by atoms with Crippen molar-refractivity contribution in [3.05, 3.63) is 60.4 Å². The molecular formula is C25H26N4O3. The van der Waals surface area contributed by atoms with E-state index in [4.69, 9.17) is 9.15 Å². The number of nitrogens with zero attached hydrogens (tertiary/aromatic N) is 3. The van der Waals surface area contributed by atoms with Gasteiger partial charge >= 0.3 is 0 Å². The second-order valence-electron chi connectivity index (χ2n) is 7.99. The van der Waals surface area contributed by atoms with Gasteiger partial charge in [0.15, 0.2) is 11.4 Å². The number of ether oxygens (including phenoxy) is 1. The van der Waals surface area contributed by atoms with Crippen LogP contribution in [0.15, 0.2) is 59.3 Å². The van der Waals surface area contributed by atoms with E-state index in [0.29, 0.717) is 18.7 Å². The Kier molecular flexibility index (Phi) is 5.62. The molecule has 164 valence electrons. The molecule has 1 aliphatic rings. The Morgan fingerprint density at radius 3 is 2.75 bits per heavy atom.